The van der Waals surface area contributed by atoms with Crippen LogP contribution in [0.2, 0.25) is 5.02 Å². The van der Waals surface area contributed by atoms with E-state index in [1.807, 2.05) is 34.9 Å². The summed E-state index contributed by atoms with van der Waals surface area (Å²) in [4.78, 5) is 21.4. The highest BCUT2D eigenvalue weighted by Gasteiger charge is 2.19. The van der Waals surface area contributed by atoms with Crippen LogP contribution in [-0.2, 0) is 0 Å². The molecule has 1 aliphatic heterocycles. The van der Waals surface area contributed by atoms with Crippen molar-refractivity contribution in [2.75, 3.05) is 18.5 Å². The van der Waals surface area contributed by atoms with Gasteiger partial charge in [0.05, 0.1) is 27.9 Å². The molecule has 29 heavy (non-hydrogen) atoms. The van der Waals surface area contributed by atoms with Crippen LogP contribution in [0.1, 0.15) is 10.4 Å². The highest BCUT2D eigenvalue weighted by molar-refractivity contribution is 6.32. The lowest BCUT2D eigenvalue weighted by molar-refractivity contribution is 0.102. The van der Waals surface area contributed by atoms with E-state index in [1.165, 1.54) is 0 Å². The second kappa shape index (κ2) is 7.10. The Labute approximate surface area is 170 Å². The predicted octanol–water partition coefficient (Wildman–Crippen LogP) is 4.10. The van der Waals surface area contributed by atoms with Gasteiger partial charge in [-0.3, -0.25) is 9.36 Å². The average Bonchev–Trinajstić information content (AvgIpc) is 3.18. The van der Waals surface area contributed by atoms with Gasteiger partial charge in [-0.2, -0.15) is 0 Å². The molecule has 0 spiro atoms. The fourth-order valence-corrected chi connectivity index (χ4v) is 3.45. The minimum Gasteiger partial charge on any atom is -0.486 e. The molecule has 0 bridgehead atoms. The zero-order valence-corrected chi connectivity index (χ0v) is 15.9. The summed E-state index contributed by atoms with van der Waals surface area (Å²) < 4.78 is 12.9. The van der Waals surface area contributed by atoms with Gasteiger partial charge in [-0.15, -0.1) is 0 Å². The van der Waals surface area contributed by atoms with Gasteiger partial charge in [0.1, 0.15) is 25.4 Å². The molecule has 2 aromatic heterocycles. The maximum absolute atomic E-state index is 12.6. The van der Waals surface area contributed by atoms with Crippen LogP contribution in [-0.4, -0.2) is 33.7 Å². The fraction of sp³-hybridized carbons (Fsp3) is 0.0952. The number of carbonyl (C=O) groups is 1. The van der Waals surface area contributed by atoms with Gasteiger partial charge < -0.3 is 14.8 Å². The van der Waals surface area contributed by atoms with Gasteiger partial charge >= 0.3 is 0 Å². The number of hydrogen-bond acceptors (Lipinski definition) is 5. The number of aromatic nitrogens is 3. The Bertz CT molecular complexity index is 1220. The van der Waals surface area contributed by atoms with Crippen LogP contribution in [0.25, 0.3) is 16.9 Å². The van der Waals surface area contributed by atoms with Gasteiger partial charge in [0.15, 0.2) is 11.5 Å². The quantitative estimate of drug-likeness (QED) is 0.554. The third-order valence-electron chi connectivity index (χ3n) is 4.57. The van der Waals surface area contributed by atoms with E-state index < -0.39 is 0 Å². The molecule has 1 N–H and O–H groups in total. The number of pyridine rings is 1. The Morgan fingerprint density at radius 1 is 1.07 bits per heavy atom. The van der Waals surface area contributed by atoms with Crippen molar-refractivity contribution in [1.82, 2.24) is 14.5 Å². The van der Waals surface area contributed by atoms with Crippen molar-refractivity contribution in [2.45, 2.75) is 0 Å². The second-order valence-corrected chi connectivity index (χ2v) is 6.85. The van der Waals surface area contributed by atoms with Gasteiger partial charge in [-0.05, 0) is 36.4 Å². The Morgan fingerprint density at radius 3 is 2.79 bits per heavy atom. The summed E-state index contributed by atoms with van der Waals surface area (Å²) in [5, 5.41) is 3.16. The third kappa shape index (κ3) is 3.25. The maximum atomic E-state index is 12.6. The van der Waals surface area contributed by atoms with E-state index in [0.717, 1.165) is 11.0 Å². The summed E-state index contributed by atoms with van der Waals surface area (Å²) in [6.07, 6.45) is 3.32. The Morgan fingerprint density at radius 2 is 1.93 bits per heavy atom. The van der Waals surface area contributed by atoms with Crippen LogP contribution in [0.15, 0.2) is 61.1 Å². The number of benzene rings is 2. The third-order valence-corrected chi connectivity index (χ3v) is 4.85. The van der Waals surface area contributed by atoms with Crippen molar-refractivity contribution < 1.29 is 14.3 Å². The van der Waals surface area contributed by atoms with Crippen molar-refractivity contribution in [3.63, 3.8) is 0 Å². The Hall–Kier alpha value is -3.58. The Kier molecular flexibility index (Phi) is 4.29. The molecule has 2 aromatic carbocycles. The topological polar surface area (TPSA) is 78.3 Å². The first-order valence-electron chi connectivity index (χ1n) is 8.98. The van der Waals surface area contributed by atoms with Crippen LogP contribution < -0.4 is 14.8 Å². The van der Waals surface area contributed by atoms with Crippen LogP contribution in [0.4, 0.5) is 5.69 Å². The number of ether oxygens (including phenoxy) is 2. The zero-order valence-electron chi connectivity index (χ0n) is 15.1. The number of para-hydroxylation sites is 2. The molecule has 3 heterocycles. The first-order chi connectivity index (χ1) is 14.2. The second-order valence-electron chi connectivity index (χ2n) is 6.44. The molecule has 0 fully saturated rings. The van der Waals surface area contributed by atoms with E-state index in [0.29, 0.717) is 46.8 Å². The molecule has 1 aliphatic rings. The molecule has 0 saturated carbocycles. The summed E-state index contributed by atoms with van der Waals surface area (Å²) in [7, 11) is 0. The molecule has 0 radical (unpaired) electrons. The standard InChI is InChI=1S/C21H15ClN4O3/c22-15-9-13(10-18-20(15)29-8-7-28-18)21(27)25-14-5-6-19(23-11-14)26-12-24-16-3-1-2-4-17(16)26/h1-6,9-12H,7-8H2,(H,25,27). The first-order valence-corrected chi connectivity index (χ1v) is 9.36. The lowest BCUT2D eigenvalue weighted by atomic mass is 10.1. The molecule has 0 unspecified atom stereocenters. The van der Waals surface area contributed by atoms with Crippen LogP contribution in [0.5, 0.6) is 11.5 Å². The normalized spacial score (nSPS) is 12.7. The summed E-state index contributed by atoms with van der Waals surface area (Å²) in [6, 6.07) is 14.6. The van der Waals surface area contributed by atoms with Crippen LogP contribution in [0, 0.1) is 0 Å². The number of halogens is 1. The fourth-order valence-electron chi connectivity index (χ4n) is 3.19. The number of carbonyl (C=O) groups excluding carboxylic acids is 1. The number of hydrogen-bond donors (Lipinski definition) is 1. The van der Waals surface area contributed by atoms with Crippen molar-refractivity contribution >= 4 is 34.2 Å². The molecule has 1 amide bonds. The van der Waals surface area contributed by atoms with E-state index in [9.17, 15) is 4.79 Å². The summed E-state index contributed by atoms with van der Waals surface area (Å²) in [6.45, 7) is 0.852. The first kappa shape index (κ1) is 17.5. The van der Waals surface area contributed by atoms with E-state index in [-0.39, 0.29) is 5.91 Å². The number of rotatable bonds is 3. The molecular weight excluding hydrogens is 392 g/mol. The van der Waals surface area contributed by atoms with E-state index in [1.54, 1.807) is 30.7 Å². The molecule has 0 aliphatic carbocycles. The number of fused-ring (bicyclic) bond motifs is 2. The Balaban J connectivity index is 1.37. The predicted molar refractivity (Wildman–Crippen MR) is 109 cm³/mol. The SMILES string of the molecule is O=C(Nc1ccc(-n2cnc3ccccc32)nc1)c1cc(Cl)c2c(c1)OCCO2. The van der Waals surface area contributed by atoms with Gasteiger partial charge in [-0.1, -0.05) is 23.7 Å². The van der Waals surface area contributed by atoms with Crippen molar-refractivity contribution in [3.05, 3.63) is 71.6 Å². The zero-order chi connectivity index (χ0) is 19.8. The molecule has 7 nitrogen and oxygen atoms in total. The number of nitrogens with one attached hydrogen (secondary N) is 1. The van der Waals surface area contributed by atoms with Crippen LogP contribution in [0.3, 0.4) is 0 Å². The van der Waals surface area contributed by atoms with Crippen molar-refractivity contribution in [3.8, 4) is 17.3 Å². The minimum absolute atomic E-state index is 0.313. The average molecular weight is 407 g/mol. The molecular formula is C21H15ClN4O3. The molecule has 0 saturated heterocycles. The number of anilines is 1. The van der Waals surface area contributed by atoms with Gasteiger partial charge in [0.25, 0.3) is 5.91 Å². The highest BCUT2D eigenvalue weighted by Crippen LogP contribution is 2.38. The van der Waals surface area contributed by atoms with E-state index in [2.05, 4.69) is 15.3 Å². The van der Waals surface area contributed by atoms with Crippen molar-refractivity contribution in [1.29, 1.82) is 0 Å². The monoisotopic (exact) mass is 406 g/mol. The van der Waals surface area contributed by atoms with Crippen LogP contribution >= 0.6 is 11.6 Å². The summed E-state index contributed by atoms with van der Waals surface area (Å²) in [5.41, 5.74) is 2.79. The molecule has 5 rings (SSSR count). The lowest BCUT2D eigenvalue weighted by Crippen LogP contribution is -2.17. The van der Waals surface area contributed by atoms with Gasteiger partial charge in [0, 0.05) is 5.56 Å². The minimum atomic E-state index is -0.313. The maximum Gasteiger partial charge on any atom is 0.255 e. The van der Waals surface area contributed by atoms with E-state index >= 15 is 0 Å². The highest BCUT2D eigenvalue weighted by atomic mass is 35.5. The molecule has 0 atom stereocenters. The van der Waals surface area contributed by atoms with E-state index in [4.69, 9.17) is 21.1 Å². The largest absolute Gasteiger partial charge is 0.486 e. The smallest absolute Gasteiger partial charge is 0.255 e. The van der Waals surface area contributed by atoms with Gasteiger partial charge in [0.2, 0.25) is 0 Å². The summed E-state index contributed by atoms with van der Waals surface area (Å²) in [5.74, 6) is 1.33. The lowest BCUT2D eigenvalue weighted by Gasteiger charge is -2.20. The summed E-state index contributed by atoms with van der Waals surface area (Å²) >= 11 is 6.21. The number of amides is 1. The number of nitrogens with zero attached hydrogens (tertiary/aromatic N) is 3. The molecule has 8 heteroatoms. The molecule has 4 aromatic rings. The van der Waals surface area contributed by atoms with Crippen molar-refractivity contribution in [2.24, 2.45) is 0 Å². The van der Waals surface area contributed by atoms with Gasteiger partial charge in [-0.25, -0.2) is 9.97 Å². The number of imidazole rings is 1. The molecule has 144 valence electrons.